The van der Waals surface area contributed by atoms with Gasteiger partial charge in [-0.2, -0.15) is 4.31 Å². The molecule has 9 nitrogen and oxygen atoms in total. The van der Waals surface area contributed by atoms with E-state index in [9.17, 15) is 13.2 Å². The zero-order valence-corrected chi connectivity index (χ0v) is 23.6. The molecule has 1 aliphatic rings. The number of carbonyl (C=O) groups excluding carboxylic acids is 1. The number of nitrogens with one attached hydrogen (secondary N) is 1. The number of hydrogen-bond acceptors (Lipinski definition) is 7. The van der Waals surface area contributed by atoms with Crippen molar-refractivity contribution in [3.8, 4) is 5.75 Å². The van der Waals surface area contributed by atoms with Crippen LogP contribution in [0.3, 0.4) is 0 Å². The minimum Gasteiger partial charge on any atom is -0.497 e. The Morgan fingerprint density at radius 2 is 1.73 bits per heavy atom. The maximum atomic E-state index is 13.1. The number of piperidine rings is 1. The van der Waals surface area contributed by atoms with Crippen molar-refractivity contribution in [1.82, 2.24) is 9.21 Å². The van der Waals surface area contributed by atoms with Crippen LogP contribution in [0.4, 0.5) is 11.4 Å². The molecule has 0 bridgehead atoms. The van der Waals surface area contributed by atoms with Gasteiger partial charge in [0.15, 0.2) is 0 Å². The van der Waals surface area contributed by atoms with Gasteiger partial charge in [-0.3, -0.25) is 4.79 Å². The lowest BCUT2D eigenvalue weighted by molar-refractivity contribution is -0.120. The van der Waals surface area contributed by atoms with Gasteiger partial charge in [-0.05, 0) is 82.2 Å². The summed E-state index contributed by atoms with van der Waals surface area (Å²) in [6.07, 6.45) is 2.22. The van der Waals surface area contributed by atoms with Crippen LogP contribution in [0.1, 0.15) is 24.0 Å². The Morgan fingerprint density at radius 3 is 2.32 bits per heavy atom. The Bertz CT molecular complexity index is 1150. The van der Waals surface area contributed by atoms with E-state index in [1.165, 1.54) is 11.4 Å². The van der Waals surface area contributed by atoms with Gasteiger partial charge in [0, 0.05) is 44.1 Å². The summed E-state index contributed by atoms with van der Waals surface area (Å²) in [6.45, 7) is 5.52. The lowest BCUT2D eigenvalue weighted by Gasteiger charge is -2.36. The maximum absolute atomic E-state index is 13.1. The molecule has 1 saturated heterocycles. The van der Waals surface area contributed by atoms with E-state index in [-0.39, 0.29) is 30.6 Å². The summed E-state index contributed by atoms with van der Waals surface area (Å²) in [7, 11) is 3.60. The lowest BCUT2D eigenvalue weighted by Crippen LogP contribution is -2.42. The largest absolute Gasteiger partial charge is 0.497 e. The van der Waals surface area contributed by atoms with Crippen LogP contribution in [0.25, 0.3) is 0 Å². The van der Waals surface area contributed by atoms with Gasteiger partial charge >= 0.3 is 0 Å². The molecule has 10 heteroatoms. The maximum Gasteiger partial charge on any atom is 0.250 e. The number of anilines is 2. The fraction of sp³-hybridized carbons (Fsp3) is 0.519. The van der Waals surface area contributed by atoms with Gasteiger partial charge in [0.1, 0.15) is 12.4 Å². The van der Waals surface area contributed by atoms with Crippen LogP contribution in [0.15, 0.2) is 41.3 Å². The Hall–Kier alpha value is -2.66. The number of sulfonamides is 1. The van der Waals surface area contributed by atoms with Gasteiger partial charge in [0.2, 0.25) is 15.9 Å². The van der Waals surface area contributed by atoms with E-state index in [1.807, 2.05) is 18.2 Å². The summed E-state index contributed by atoms with van der Waals surface area (Å²) in [5, 5.41) is 2.88. The fourth-order valence-electron chi connectivity index (χ4n) is 4.69. The summed E-state index contributed by atoms with van der Waals surface area (Å²) in [5.74, 6) is 0.334. The van der Waals surface area contributed by atoms with Crippen LogP contribution in [0, 0.1) is 13.8 Å². The topological polar surface area (TPSA) is 91.4 Å². The van der Waals surface area contributed by atoms with Crippen molar-refractivity contribution in [2.45, 2.75) is 37.6 Å². The second-order valence-corrected chi connectivity index (χ2v) is 11.7. The molecule has 0 aliphatic carbocycles. The molecule has 1 heterocycles. The highest BCUT2D eigenvalue weighted by molar-refractivity contribution is 7.89. The molecule has 2 aromatic rings. The van der Waals surface area contributed by atoms with Crippen LogP contribution in [0.2, 0.25) is 0 Å². The molecule has 0 spiro atoms. The first-order valence-corrected chi connectivity index (χ1v) is 14.0. The molecule has 1 amide bonds. The number of methoxy groups -OCH3 is 1. The SMILES string of the molecule is COc1cc(C)c(S(=O)(=O)N(C)CCOCC(=O)Nc2cccc(N3CCC(N(C)C)CC3)c2)c(C)c1. The van der Waals surface area contributed by atoms with E-state index in [2.05, 4.69) is 35.3 Å². The molecule has 1 N–H and O–H groups in total. The van der Waals surface area contributed by atoms with Crippen LogP contribution in [-0.2, 0) is 19.6 Å². The Labute approximate surface area is 221 Å². The molecule has 1 fully saturated rings. The minimum atomic E-state index is -3.71. The van der Waals surface area contributed by atoms with Crippen LogP contribution in [0.5, 0.6) is 5.75 Å². The third-order valence-electron chi connectivity index (χ3n) is 6.81. The second-order valence-electron chi connectivity index (χ2n) is 9.75. The molecule has 204 valence electrons. The number of aryl methyl sites for hydroxylation is 2. The first kappa shape index (κ1) is 28.9. The summed E-state index contributed by atoms with van der Waals surface area (Å²) in [6, 6.07) is 11.8. The zero-order chi connectivity index (χ0) is 27.2. The molecule has 3 rings (SSSR count). The highest BCUT2D eigenvalue weighted by Crippen LogP contribution is 2.28. The van der Waals surface area contributed by atoms with Crippen molar-refractivity contribution in [2.24, 2.45) is 0 Å². The Morgan fingerprint density at radius 1 is 1.08 bits per heavy atom. The number of ether oxygens (including phenoxy) is 2. The quantitative estimate of drug-likeness (QED) is 0.445. The predicted molar refractivity (Wildman–Crippen MR) is 147 cm³/mol. The van der Waals surface area contributed by atoms with E-state index in [4.69, 9.17) is 9.47 Å². The molecule has 0 unspecified atom stereocenters. The van der Waals surface area contributed by atoms with Crippen molar-refractivity contribution >= 4 is 27.3 Å². The van der Waals surface area contributed by atoms with Crippen molar-refractivity contribution in [1.29, 1.82) is 0 Å². The number of carbonyl (C=O) groups is 1. The molecular formula is C27H40N4O5S. The first-order valence-electron chi connectivity index (χ1n) is 12.5. The number of rotatable bonds is 11. The number of nitrogens with zero attached hydrogens (tertiary/aromatic N) is 3. The Balaban J connectivity index is 1.48. The monoisotopic (exact) mass is 532 g/mol. The van der Waals surface area contributed by atoms with Crippen molar-refractivity contribution in [3.63, 3.8) is 0 Å². The first-order chi connectivity index (χ1) is 17.5. The van der Waals surface area contributed by atoms with E-state index >= 15 is 0 Å². The number of hydrogen-bond donors (Lipinski definition) is 1. The van der Waals surface area contributed by atoms with E-state index in [0.29, 0.717) is 28.6 Å². The predicted octanol–water partition coefficient (Wildman–Crippen LogP) is 3.12. The van der Waals surface area contributed by atoms with Crippen LogP contribution < -0.4 is 15.0 Å². The molecule has 37 heavy (non-hydrogen) atoms. The summed E-state index contributed by atoms with van der Waals surface area (Å²) >= 11 is 0. The molecule has 0 saturated carbocycles. The number of benzene rings is 2. The minimum absolute atomic E-state index is 0.0955. The van der Waals surface area contributed by atoms with Gasteiger partial charge in [-0.15, -0.1) is 0 Å². The number of likely N-dealkylation sites (N-methyl/N-ethyl adjacent to an activating group) is 1. The van der Waals surface area contributed by atoms with Gasteiger partial charge in [-0.1, -0.05) is 6.07 Å². The normalized spacial score (nSPS) is 14.9. The van der Waals surface area contributed by atoms with Crippen molar-refractivity contribution in [2.75, 3.05) is 71.3 Å². The van der Waals surface area contributed by atoms with Gasteiger partial charge in [0.25, 0.3) is 0 Å². The molecule has 2 aromatic carbocycles. The molecule has 0 radical (unpaired) electrons. The van der Waals surface area contributed by atoms with Crippen molar-refractivity contribution in [3.05, 3.63) is 47.5 Å². The molecule has 1 aliphatic heterocycles. The highest BCUT2D eigenvalue weighted by atomic mass is 32.2. The summed E-state index contributed by atoms with van der Waals surface area (Å²) in [4.78, 5) is 17.3. The molecular weight excluding hydrogens is 492 g/mol. The van der Waals surface area contributed by atoms with Crippen LogP contribution >= 0.6 is 0 Å². The standard InChI is InChI=1S/C27H40N4O5S/c1-20-16-25(35-6)17-21(2)27(20)37(33,34)30(5)14-15-36-19-26(32)28-22-8-7-9-24(18-22)31-12-10-23(11-13-31)29(3)4/h7-9,16-18,23H,10-15,19H2,1-6H3,(H,28,32). The molecule has 0 atom stereocenters. The van der Waals surface area contributed by atoms with Gasteiger partial charge < -0.3 is 24.6 Å². The fourth-order valence-corrected chi connectivity index (χ4v) is 6.25. The third kappa shape index (κ3) is 7.44. The highest BCUT2D eigenvalue weighted by Gasteiger charge is 2.25. The van der Waals surface area contributed by atoms with E-state index in [0.717, 1.165) is 31.6 Å². The van der Waals surface area contributed by atoms with E-state index in [1.54, 1.807) is 33.1 Å². The average Bonchev–Trinajstić information content (AvgIpc) is 2.86. The molecule has 0 aromatic heterocycles. The van der Waals surface area contributed by atoms with Crippen LogP contribution in [-0.4, -0.2) is 90.7 Å². The second kappa shape index (κ2) is 12.7. The zero-order valence-electron chi connectivity index (χ0n) is 22.8. The lowest BCUT2D eigenvalue weighted by atomic mass is 10.0. The average molecular weight is 533 g/mol. The van der Waals surface area contributed by atoms with Gasteiger partial charge in [-0.25, -0.2) is 8.42 Å². The summed E-state index contributed by atoms with van der Waals surface area (Å²) < 4.78 is 38.2. The van der Waals surface area contributed by atoms with E-state index < -0.39 is 10.0 Å². The Kier molecular flexibility index (Phi) is 9.94. The smallest absolute Gasteiger partial charge is 0.250 e. The summed E-state index contributed by atoms with van der Waals surface area (Å²) in [5.41, 5.74) is 3.04. The third-order valence-corrected chi connectivity index (χ3v) is 8.97. The van der Waals surface area contributed by atoms with Crippen molar-refractivity contribution < 1.29 is 22.7 Å². The number of amides is 1. The van der Waals surface area contributed by atoms with Gasteiger partial charge in [0.05, 0.1) is 18.6 Å².